The Bertz CT molecular complexity index is 885. The fourth-order valence-electron chi connectivity index (χ4n) is 2.82. The van der Waals surface area contributed by atoms with Crippen LogP contribution >= 0.6 is 31.9 Å². The molecule has 132 valence electrons. The molecule has 5 nitrogen and oxygen atoms in total. The third kappa shape index (κ3) is 4.13. The van der Waals surface area contributed by atoms with Gasteiger partial charge in [-0.1, -0.05) is 37.9 Å². The highest BCUT2D eigenvalue weighted by atomic mass is 79.9. The second kappa shape index (κ2) is 7.57. The Balaban J connectivity index is 1.82. The lowest BCUT2D eigenvalue weighted by Gasteiger charge is -2.23. The number of amides is 1. The number of sulfonamides is 1. The number of benzene rings is 2. The van der Waals surface area contributed by atoms with Gasteiger partial charge in [-0.3, -0.25) is 4.79 Å². The predicted octanol–water partition coefficient (Wildman–Crippen LogP) is 4.00. The van der Waals surface area contributed by atoms with Crippen molar-refractivity contribution in [2.45, 2.75) is 23.8 Å². The first-order chi connectivity index (χ1) is 11.9. The number of nitrogens with one attached hydrogen (secondary N) is 1. The average Bonchev–Trinajstić information content (AvgIpc) is 3.06. The highest BCUT2D eigenvalue weighted by molar-refractivity contribution is 9.10. The normalized spacial score (nSPS) is 18.2. The van der Waals surface area contributed by atoms with E-state index in [2.05, 4.69) is 37.2 Å². The summed E-state index contributed by atoms with van der Waals surface area (Å²) in [5, 5.41) is 2.80. The molecule has 1 aliphatic heterocycles. The van der Waals surface area contributed by atoms with Crippen molar-refractivity contribution in [2.24, 2.45) is 0 Å². The second-order valence-corrected chi connectivity index (χ2v) is 9.45. The molecule has 0 aliphatic carbocycles. The Morgan fingerprint density at radius 1 is 1.08 bits per heavy atom. The van der Waals surface area contributed by atoms with Crippen molar-refractivity contribution < 1.29 is 13.2 Å². The standard InChI is InChI=1S/C17H16Br2N2O3S/c18-12-6-8-15(9-7-12)25(23,24)21-10-2-5-16(21)17(22)20-14-4-1-3-13(19)11-14/h1,3-4,6-9,11,16H,2,5,10H2,(H,20,22)/t16-/m0/s1. The maximum Gasteiger partial charge on any atom is 0.243 e. The summed E-state index contributed by atoms with van der Waals surface area (Å²) in [7, 11) is -3.71. The number of nitrogens with zero attached hydrogens (tertiary/aromatic N) is 1. The Hall–Kier alpha value is -1.22. The Morgan fingerprint density at radius 2 is 1.80 bits per heavy atom. The zero-order valence-electron chi connectivity index (χ0n) is 13.2. The van der Waals surface area contributed by atoms with Gasteiger partial charge >= 0.3 is 0 Å². The van der Waals surface area contributed by atoms with Gasteiger partial charge in [0.2, 0.25) is 15.9 Å². The largest absolute Gasteiger partial charge is 0.325 e. The minimum atomic E-state index is -3.71. The van der Waals surface area contributed by atoms with E-state index in [-0.39, 0.29) is 10.8 Å². The lowest BCUT2D eigenvalue weighted by molar-refractivity contribution is -0.119. The molecule has 0 spiro atoms. The van der Waals surface area contributed by atoms with E-state index in [1.165, 1.54) is 4.31 Å². The first kappa shape index (κ1) is 18.6. The molecule has 0 bridgehead atoms. The highest BCUT2D eigenvalue weighted by Gasteiger charge is 2.39. The zero-order chi connectivity index (χ0) is 18.0. The molecule has 1 N–H and O–H groups in total. The number of hydrogen-bond donors (Lipinski definition) is 1. The van der Waals surface area contributed by atoms with E-state index >= 15 is 0 Å². The summed E-state index contributed by atoms with van der Waals surface area (Å²) in [6.07, 6.45) is 1.17. The third-order valence-corrected chi connectivity index (χ3v) is 6.96. The van der Waals surface area contributed by atoms with Crippen molar-refractivity contribution in [2.75, 3.05) is 11.9 Å². The van der Waals surface area contributed by atoms with Crippen LogP contribution in [0.3, 0.4) is 0 Å². The summed E-state index contributed by atoms with van der Waals surface area (Å²) in [6.45, 7) is 0.342. The number of halogens is 2. The van der Waals surface area contributed by atoms with Gasteiger partial charge in [-0.25, -0.2) is 8.42 Å². The maximum absolute atomic E-state index is 12.9. The summed E-state index contributed by atoms with van der Waals surface area (Å²) < 4.78 is 28.7. The van der Waals surface area contributed by atoms with E-state index in [1.54, 1.807) is 36.4 Å². The molecule has 25 heavy (non-hydrogen) atoms. The summed E-state index contributed by atoms with van der Waals surface area (Å²) in [5.41, 5.74) is 0.632. The van der Waals surface area contributed by atoms with E-state index in [4.69, 9.17) is 0 Å². The van der Waals surface area contributed by atoms with Gasteiger partial charge in [-0.2, -0.15) is 4.31 Å². The summed E-state index contributed by atoms with van der Waals surface area (Å²) in [4.78, 5) is 12.8. The van der Waals surface area contributed by atoms with E-state index in [0.29, 0.717) is 25.1 Å². The molecule has 1 heterocycles. The van der Waals surface area contributed by atoms with Crippen molar-refractivity contribution in [3.8, 4) is 0 Å². The van der Waals surface area contributed by atoms with Gasteiger partial charge in [0, 0.05) is 21.2 Å². The minimum absolute atomic E-state index is 0.192. The molecule has 0 aromatic heterocycles. The molecule has 1 fully saturated rings. The van der Waals surface area contributed by atoms with Crippen LogP contribution in [0.1, 0.15) is 12.8 Å². The minimum Gasteiger partial charge on any atom is -0.325 e. The van der Waals surface area contributed by atoms with Gasteiger partial charge in [0.15, 0.2) is 0 Å². The first-order valence-corrected chi connectivity index (χ1v) is 10.7. The quantitative estimate of drug-likeness (QED) is 0.708. The molecule has 0 saturated carbocycles. The van der Waals surface area contributed by atoms with Gasteiger partial charge < -0.3 is 5.32 Å². The fourth-order valence-corrected chi connectivity index (χ4v) is 5.14. The molecule has 8 heteroatoms. The van der Waals surface area contributed by atoms with Crippen molar-refractivity contribution >= 4 is 53.5 Å². The zero-order valence-corrected chi connectivity index (χ0v) is 17.1. The van der Waals surface area contributed by atoms with Crippen LogP contribution < -0.4 is 5.32 Å². The van der Waals surface area contributed by atoms with Crippen LogP contribution in [0.25, 0.3) is 0 Å². The van der Waals surface area contributed by atoms with Crippen molar-refractivity contribution in [3.63, 3.8) is 0 Å². The molecule has 1 aliphatic rings. The predicted molar refractivity (Wildman–Crippen MR) is 104 cm³/mol. The summed E-state index contributed by atoms with van der Waals surface area (Å²) >= 11 is 6.65. The average molecular weight is 488 g/mol. The van der Waals surface area contributed by atoms with E-state index in [1.807, 2.05) is 12.1 Å². The smallest absolute Gasteiger partial charge is 0.243 e. The number of rotatable bonds is 4. The molecule has 3 rings (SSSR count). The third-order valence-electron chi connectivity index (χ3n) is 4.02. The number of hydrogen-bond acceptors (Lipinski definition) is 3. The number of carbonyl (C=O) groups is 1. The van der Waals surface area contributed by atoms with Gasteiger partial charge in [0.25, 0.3) is 0 Å². The number of anilines is 1. The van der Waals surface area contributed by atoms with Crippen LogP contribution in [-0.2, 0) is 14.8 Å². The van der Waals surface area contributed by atoms with Crippen molar-refractivity contribution in [3.05, 3.63) is 57.5 Å². The summed E-state index contributed by atoms with van der Waals surface area (Å²) in [6, 6.07) is 13.0. The Kier molecular flexibility index (Phi) is 5.62. The lowest BCUT2D eigenvalue weighted by atomic mass is 10.2. The van der Waals surface area contributed by atoms with Gasteiger partial charge in [0.05, 0.1) is 4.90 Å². The van der Waals surface area contributed by atoms with Gasteiger partial charge in [-0.05, 0) is 55.3 Å². The number of carbonyl (C=O) groups excluding carboxylic acids is 1. The van der Waals surface area contributed by atoms with Crippen LogP contribution in [0.15, 0.2) is 62.4 Å². The monoisotopic (exact) mass is 486 g/mol. The van der Waals surface area contributed by atoms with Crippen molar-refractivity contribution in [1.29, 1.82) is 0 Å². The molecule has 1 atom stereocenters. The Morgan fingerprint density at radius 3 is 2.48 bits per heavy atom. The molecule has 2 aromatic rings. The van der Waals surface area contributed by atoms with Crippen LogP contribution in [-0.4, -0.2) is 31.2 Å². The molecule has 1 amide bonds. The van der Waals surface area contributed by atoms with Crippen LogP contribution in [0, 0.1) is 0 Å². The topological polar surface area (TPSA) is 66.5 Å². The molecule has 0 unspecified atom stereocenters. The fraction of sp³-hybridized carbons (Fsp3) is 0.235. The van der Waals surface area contributed by atoms with Gasteiger partial charge in [0.1, 0.15) is 6.04 Å². The van der Waals surface area contributed by atoms with Crippen LogP contribution in [0.4, 0.5) is 5.69 Å². The highest BCUT2D eigenvalue weighted by Crippen LogP contribution is 2.28. The summed E-state index contributed by atoms with van der Waals surface area (Å²) in [5.74, 6) is -0.309. The maximum atomic E-state index is 12.9. The van der Waals surface area contributed by atoms with Crippen LogP contribution in [0.5, 0.6) is 0 Å². The SMILES string of the molecule is O=C(Nc1cccc(Br)c1)[C@@H]1CCCN1S(=O)(=O)c1ccc(Br)cc1. The first-order valence-electron chi connectivity index (χ1n) is 7.72. The van der Waals surface area contributed by atoms with E-state index in [0.717, 1.165) is 8.95 Å². The van der Waals surface area contributed by atoms with Crippen LogP contribution in [0.2, 0.25) is 0 Å². The Labute approximate surface area is 163 Å². The van der Waals surface area contributed by atoms with E-state index in [9.17, 15) is 13.2 Å². The molecule has 2 aromatic carbocycles. The van der Waals surface area contributed by atoms with E-state index < -0.39 is 16.1 Å². The molecular formula is C17H16Br2N2O3S. The van der Waals surface area contributed by atoms with Crippen molar-refractivity contribution in [1.82, 2.24) is 4.31 Å². The molecule has 1 saturated heterocycles. The van der Waals surface area contributed by atoms with Gasteiger partial charge in [-0.15, -0.1) is 0 Å². The lowest BCUT2D eigenvalue weighted by Crippen LogP contribution is -2.43. The molecular weight excluding hydrogens is 472 g/mol. The molecule has 0 radical (unpaired) electrons. The second-order valence-electron chi connectivity index (χ2n) is 5.73.